The molecule has 0 saturated carbocycles. The third-order valence-corrected chi connectivity index (χ3v) is 7.34. The number of thioether (sulfide) groups is 1. The lowest BCUT2D eigenvalue weighted by molar-refractivity contribution is -0.118. The Labute approximate surface area is 209 Å². The minimum atomic E-state index is -0.860. The zero-order chi connectivity index (χ0) is 25.5. The van der Waals surface area contributed by atoms with Gasteiger partial charge in [-0.05, 0) is 48.9 Å². The van der Waals surface area contributed by atoms with Gasteiger partial charge in [-0.15, -0.1) is 0 Å². The van der Waals surface area contributed by atoms with Crippen LogP contribution < -0.4 is 14.8 Å². The molecule has 2 aliphatic rings. The van der Waals surface area contributed by atoms with Crippen LogP contribution in [-0.4, -0.2) is 39.5 Å². The number of benzene rings is 2. The lowest BCUT2D eigenvalue weighted by Gasteiger charge is -2.36. The Morgan fingerprint density at radius 2 is 1.83 bits per heavy atom. The molecule has 35 heavy (non-hydrogen) atoms. The first kappa shape index (κ1) is 25.1. The normalized spacial score (nSPS) is 21.8. The fourth-order valence-corrected chi connectivity index (χ4v) is 5.43. The smallest absolute Gasteiger partial charge is 0.286 e. The van der Waals surface area contributed by atoms with Crippen molar-refractivity contribution in [2.45, 2.75) is 70.1 Å². The highest BCUT2D eigenvalue weighted by Gasteiger charge is 2.40. The number of ketones is 1. The van der Waals surface area contributed by atoms with E-state index < -0.39 is 10.9 Å². The molecule has 2 amide bonds. The van der Waals surface area contributed by atoms with Crippen molar-refractivity contribution in [1.82, 2.24) is 5.32 Å². The van der Waals surface area contributed by atoms with Crippen molar-refractivity contribution in [3.8, 4) is 17.2 Å². The van der Waals surface area contributed by atoms with E-state index in [1.165, 1.54) is 0 Å². The van der Waals surface area contributed by atoms with Gasteiger partial charge in [0.05, 0.1) is 17.2 Å². The van der Waals surface area contributed by atoms with E-state index in [2.05, 4.69) is 5.32 Å². The Kier molecular flexibility index (Phi) is 6.86. The Morgan fingerprint density at radius 3 is 2.40 bits per heavy atom. The van der Waals surface area contributed by atoms with E-state index in [1.54, 1.807) is 6.07 Å². The van der Waals surface area contributed by atoms with Gasteiger partial charge in [0.2, 0.25) is 5.91 Å². The van der Waals surface area contributed by atoms with Gasteiger partial charge in [-0.3, -0.25) is 19.7 Å². The molecule has 1 saturated heterocycles. The zero-order valence-electron chi connectivity index (χ0n) is 20.6. The highest BCUT2D eigenvalue weighted by Crippen LogP contribution is 2.45. The molecule has 0 bridgehead atoms. The molecule has 2 aromatic rings. The maximum atomic E-state index is 13.2. The van der Waals surface area contributed by atoms with Gasteiger partial charge in [-0.1, -0.05) is 51.6 Å². The molecule has 0 aromatic heterocycles. The van der Waals surface area contributed by atoms with Crippen molar-refractivity contribution in [3.63, 3.8) is 0 Å². The van der Waals surface area contributed by atoms with E-state index in [1.807, 2.05) is 58.9 Å². The van der Waals surface area contributed by atoms with Crippen molar-refractivity contribution in [2.75, 3.05) is 6.61 Å². The third kappa shape index (κ3) is 5.17. The summed E-state index contributed by atoms with van der Waals surface area (Å²) in [5, 5.41) is 12.4. The van der Waals surface area contributed by atoms with Gasteiger partial charge < -0.3 is 14.6 Å². The topological polar surface area (TPSA) is 102 Å². The van der Waals surface area contributed by atoms with Gasteiger partial charge in [0, 0.05) is 11.1 Å². The van der Waals surface area contributed by atoms with E-state index in [0.717, 1.165) is 22.9 Å². The molecule has 1 fully saturated rings. The summed E-state index contributed by atoms with van der Waals surface area (Å²) in [6, 6.07) is 9.13. The number of amides is 2. The summed E-state index contributed by atoms with van der Waals surface area (Å²) >= 11 is 1.01. The second-order valence-electron chi connectivity index (χ2n) is 10.1. The van der Waals surface area contributed by atoms with E-state index >= 15 is 0 Å². The number of ether oxygens (including phenoxy) is 2. The second-order valence-corrected chi connectivity index (χ2v) is 11.3. The Balaban J connectivity index is 1.48. The van der Waals surface area contributed by atoms with Crippen LogP contribution in [0, 0.1) is 0 Å². The molecule has 0 spiro atoms. The van der Waals surface area contributed by atoms with Gasteiger partial charge in [-0.25, -0.2) is 0 Å². The molecular formula is C27H31NO6S. The van der Waals surface area contributed by atoms with Crippen LogP contribution in [0.3, 0.4) is 0 Å². The molecule has 2 aromatic carbocycles. The monoisotopic (exact) mass is 497 g/mol. The summed E-state index contributed by atoms with van der Waals surface area (Å²) in [5.74, 6) is 1.02. The Hall–Kier alpha value is -3.00. The molecule has 8 heteroatoms. The van der Waals surface area contributed by atoms with Crippen LogP contribution in [0.4, 0.5) is 4.79 Å². The summed E-state index contributed by atoms with van der Waals surface area (Å²) in [7, 11) is 0. The average Bonchev–Trinajstić information content (AvgIpc) is 3.09. The highest BCUT2D eigenvalue weighted by molar-refractivity contribution is 8.15. The van der Waals surface area contributed by atoms with Gasteiger partial charge >= 0.3 is 0 Å². The number of imide groups is 1. The summed E-state index contributed by atoms with van der Waals surface area (Å²) in [6.07, 6.45) is 0.595. The molecule has 2 aliphatic heterocycles. The van der Waals surface area contributed by atoms with Crippen molar-refractivity contribution in [3.05, 3.63) is 52.6 Å². The lowest BCUT2D eigenvalue weighted by Crippen LogP contribution is -2.44. The van der Waals surface area contributed by atoms with Crippen molar-refractivity contribution >= 4 is 28.7 Å². The number of rotatable bonds is 7. The highest BCUT2D eigenvalue weighted by atomic mass is 32.2. The van der Waals surface area contributed by atoms with Crippen LogP contribution in [0.25, 0.3) is 0 Å². The standard InChI is InChI=1S/C27H31NO6S/c1-14(2)18-11-20-23(22(15(3)4)24(18)30)19(29)12-27(5,34-20)13-33-17-8-6-16(7-9-17)10-21-25(31)28-26(32)35-21/h6-9,11,14-15,21,30H,10,12-13H2,1-5H3,(H,28,31,32). The second kappa shape index (κ2) is 9.57. The molecule has 4 rings (SSSR count). The fraction of sp³-hybridized carbons (Fsp3) is 0.444. The van der Waals surface area contributed by atoms with Crippen molar-refractivity contribution in [2.24, 2.45) is 0 Å². The number of nitrogens with one attached hydrogen (secondary N) is 1. The van der Waals surface area contributed by atoms with Crippen molar-refractivity contribution in [1.29, 1.82) is 0 Å². The van der Waals surface area contributed by atoms with E-state index in [0.29, 0.717) is 29.0 Å². The van der Waals surface area contributed by atoms with Gasteiger partial charge in [0.15, 0.2) is 5.78 Å². The number of fused-ring (bicyclic) bond motifs is 1. The first-order valence-corrected chi connectivity index (χ1v) is 12.7. The number of phenols is 1. The quantitative estimate of drug-likeness (QED) is 0.533. The molecule has 2 atom stereocenters. The third-order valence-electron chi connectivity index (χ3n) is 6.36. The number of hydrogen-bond donors (Lipinski definition) is 2. The number of carbonyl (C=O) groups is 3. The molecule has 2 heterocycles. The van der Waals surface area contributed by atoms with E-state index in [4.69, 9.17) is 9.47 Å². The summed E-state index contributed by atoms with van der Waals surface area (Å²) in [6.45, 7) is 9.94. The summed E-state index contributed by atoms with van der Waals surface area (Å²) in [4.78, 5) is 36.4. The van der Waals surface area contributed by atoms with Crippen LogP contribution >= 0.6 is 11.8 Å². The first-order chi connectivity index (χ1) is 16.5. The first-order valence-electron chi connectivity index (χ1n) is 11.8. The number of carbonyl (C=O) groups excluding carboxylic acids is 3. The predicted molar refractivity (Wildman–Crippen MR) is 135 cm³/mol. The van der Waals surface area contributed by atoms with Crippen molar-refractivity contribution < 1.29 is 29.0 Å². The molecule has 2 N–H and O–H groups in total. The maximum Gasteiger partial charge on any atom is 0.286 e. The van der Waals surface area contributed by atoms with Gasteiger partial charge in [0.1, 0.15) is 29.5 Å². The molecule has 0 radical (unpaired) electrons. The minimum Gasteiger partial charge on any atom is -0.507 e. The molecule has 186 valence electrons. The van der Waals surface area contributed by atoms with Crippen LogP contribution in [-0.2, 0) is 11.2 Å². The summed E-state index contributed by atoms with van der Waals surface area (Å²) in [5.41, 5.74) is 1.94. The van der Waals surface area contributed by atoms with Gasteiger partial charge in [0.25, 0.3) is 5.24 Å². The Morgan fingerprint density at radius 1 is 1.14 bits per heavy atom. The number of hydrogen-bond acceptors (Lipinski definition) is 7. The van der Waals surface area contributed by atoms with Crippen LogP contribution in [0.2, 0.25) is 0 Å². The minimum absolute atomic E-state index is 0.0269. The number of Topliss-reactive ketones (excluding diaryl/α,β-unsaturated/α-hetero) is 1. The van der Waals surface area contributed by atoms with E-state index in [9.17, 15) is 19.5 Å². The number of phenolic OH excluding ortho intramolecular Hbond substituents is 1. The molecule has 7 nitrogen and oxygen atoms in total. The summed E-state index contributed by atoms with van der Waals surface area (Å²) < 4.78 is 12.3. The fourth-order valence-electron chi connectivity index (χ4n) is 4.57. The zero-order valence-corrected chi connectivity index (χ0v) is 21.5. The Bertz CT molecular complexity index is 1170. The largest absolute Gasteiger partial charge is 0.507 e. The molecule has 0 aliphatic carbocycles. The van der Waals surface area contributed by atoms with Crippen LogP contribution in [0.5, 0.6) is 17.2 Å². The van der Waals surface area contributed by atoms with Crippen LogP contribution in [0.15, 0.2) is 30.3 Å². The molecule has 2 unspecified atom stereocenters. The SMILES string of the molecule is CC(C)c1cc2c(c(C(C)C)c1O)C(=O)CC(C)(COc1ccc(CC3SC(=O)NC3=O)cc1)O2. The maximum absolute atomic E-state index is 13.2. The van der Waals surface area contributed by atoms with Crippen LogP contribution in [0.1, 0.15) is 79.9 Å². The lowest BCUT2D eigenvalue weighted by atomic mass is 9.83. The van der Waals surface area contributed by atoms with Gasteiger partial charge in [-0.2, -0.15) is 0 Å². The van der Waals surface area contributed by atoms with E-state index in [-0.39, 0.29) is 47.5 Å². The number of aromatic hydroxyl groups is 1. The molecular weight excluding hydrogens is 466 g/mol. The predicted octanol–water partition coefficient (Wildman–Crippen LogP) is 5.34. The average molecular weight is 498 g/mol.